The number of hydrogen-bond acceptors (Lipinski definition) is 7. The van der Waals surface area contributed by atoms with Crippen LogP contribution in [-0.4, -0.2) is 47.3 Å². The third kappa shape index (κ3) is 3.62. The average molecular weight is 438 g/mol. The molecular weight excluding hydrogens is 414 g/mol. The maximum absolute atomic E-state index is 14.5. The number of nitrogens with two attached hydrogens (primary N) is 1. The molecule has 7 nitrogen and oxygen atoms in total. The number of aryl methyl sites for hydroxylation is 1. The molecule has 1 aliphatic carbocycles. The van der Waals surface area contributed by atoms with Gasteiger partial charge in [-0.3, -0.25) is 4.98 Å². The molecule has 3 aromatic rings. The van der Waals surface area contributed by atoms with Crippen LogP contribution in [0.3, 0.4) is 0 Å². The normalized spacial score (nSPS) is 19.5. The van der Waals surface area contributed by atoms with E-state index in [2.05, 4.69) is 20.3 Å². The summed E-state index contributed by atoms with van der Waals surface area (Å²) >= 11 is 0. The van der Waals surface area contributed by atoms with Crippen molar-refractivity contribution < 1.29 is 13.5 Å². The summed E-state index contributed by atoms with van der Waals surface area (Å²) in [5.41, 5.74) is 10.5. The SMILES string of the molecule is CNc1cc(F)cc2c1Cc1nc(Oc3ccc(C)nc3)nc(N3CC[C@H](N)[C@@H](F)C3)c1-2. The zero-order valence-electron chi connectivity index (χ0n) is 17.9. The zero-order valence-corrected chi connectivity index (χ0v) is 17.9. The molecular formula is C23H24F2N6O. The Hall–Kier alpha value is -3.33. The van der Waals surface area contributed by atoms with E-state index in [4.69, 9.17) is 10.5 Å². The van der Waals surface area contributed by atoms with Crippen LogP contribution in [0.5, 0.6) is 11.8 Å². The predicted octanol–water partition coefficient (Wildman–Crippen LogP) is 3.60. The first-order chi connectivity index (χ1) is 15.4. The lowest BCUT2D eigenvalue weighted by Crippen LogP contribution is -2.49. The van der Waals surface area contributed by atoms with Crippen LogP contribution in [0.25, 0.3) is 11.1 Å². The molecule has 32 heavy (non-hydrogen) atoms. The molecule has 0 unspecified atom stereocenters. The Morgan fingerprint density at radius 2 is 2.09 bits per heavy atom. The number of alkyl halides is 1. The van der Waals surface area contributed by atoms with Gasteiger partial charge >= 0.3 is 6.01 Å². The van der Waals surface area contributed by atoms with Gasteiger partial charge in [-0.25, -0.2) is 8.78 Å². The summed E-state index contributed by atoms with van der Waals surface area (Å²) in [6, 6.07) is 6.22. The molecule has 0 spiro atoms. The number of nitrogens with one attached hydrogen (secondary N) is 1. The molecule has 0 radical (unpaired) electrons. The van der Waals surface area contributed by atoms with Gasteiger partial charge in [-0.05, 0) is 48.7 Å². The molecule has 1 aliphatic heterocycles. The van der Waals surface area contributed by atoms with Crippen molar-refractivity contribution in [2.24, 2.45) is 5.73 Å². The Morgan fingerprint density at radius 3 is 2.81 bits per heavy atom. The fourth-order valence-electron chi connectivity index (χ4n) is 4.33. The Morgan fingerprint density at radius 1 is 1.25 bits per heavy atom. The van der Waals surface area contributed by atoms with E-state index < -0.39 is 12.2 Å². The van der Waals surface area contributed by atoms with Gasteiger partial charge < -0.3 is 20.7 Å². The van der Waals surface area contributed by atoms with Crippen LogP contribution in [0.15, 0.2) is 30.5 Å². The molecule has 0 bridgehead atoms. The van der Waals surface area contributed by atoms with Crippen LogP contribution < -0.4 is 20.7 Å². The summed E-state index contributed by atoms with van der Waals surface area (Å²) in [4.78, 5) is 15.4. The summed E-state index contributed by atoms with van der Waals surface area (Å²) in [5, 5.41) is 3.06. The Balaban J connectivity index is 1.62. The minimum Gasteiger partial charge on any atom is -0.423 e. The molecule has 1 aromatic carbocycles. The fraction of sp³-hybridized carbons (Fsp3) is 0.348. The summed E-state index contributed by atoms with van der Waals surface area (Å²) < 4.78 is 34.8. The van der Waals surface area contributed by atoms with E-state index in [1.165, 1.54) is 12.1 Å². The van der Waals surface area contributed by atoms with Gasteiger partial charge in [0.2, 0.25) is 0 Å². The molecule has 2 aliphatic rings. The second-order valence-electron chi connectivity index (χ2n) is 8.21. The van der Waals surface area contributed by atoms with E-state index in [1.54, 1.807) is 19.3 Å². The maximum Gasteiger partial charge on any atom is 0.324 e. The van der Waals surface area contributed by atoms with Crippen LogP contribution in [0, 0.1) is 12.7 Å². The van der Waals surface area contributed by atoms with Gasteiger partial charge in [0.1, 0.15) is 23.6 Å². The molecule has 166 valence electrons. The number of hydrogen-bond donors (Lipinski definition) is 2. The Labute approximate surface area is 184 Å². The molecule has 3 N–H and O–H groups in total. The first-order valence-electron chi connectivity index (χ1n) is 10.6. The van der Waals surface area contributed by atoms with E-state index >= 15 is 0 Å². The molecule has 0 amide bonds. The average Bonchev–Trinajstić information content (AvgIpc) is 3.14. The number of halogens is 2. The number of anilines is 2. The first-order valence-corrected chi connectivity index (χ1v) is 10.6. The van der Waals surface area contributed by atoms with Crippen LogP contribution in [0.1, 0.15) is 23.4 Å². The van der Waals surface area contributed by atoms with E-state index in [9.17, 15) is 8.78 Å². The number of piperidine rings is 1. The lowest BCUT2D eigenvalue weighted by molar-refractivity contribution is 0.250. The third-order valence-electron chi connectivity index (χ3n) is 6.03. The van der Waals surface area contributed by atoms with Crippen LogP contribution in [0.2, 0.25) is 0 Å². The standard InChI is InChI=1S/C23H24F2N6O/c1-12-3-4-14(10-28-12)32-23-29-20-9-15-16(7-13(24)8-19(15)27-2)21(20)22(30-23)31-6-5-18(26)17(25)11-31/h3-4,7-8,10,17-18,27H,5-6,9,11,26H2,1-2H3/t17-,18-/m0/s1. The highest BCUT2D eigenvalue weighted by Gasteiger charge is 2.34. The van der Waals surface area contributed by atoms with Crippen molar-refractivity contribution >= 4 is 11.5 Å². The van der Waals surface area contributed by atoms with Gasteiger partial charge in [-0.2, -0.15) is 9.97 Å². The summed E-state index contributed by atoms with van der Waals surface area (Å²) in [5.74, 6) is 0.677. The summed E-state index contributed by atoms with van der Waals surface area (Å²) in [7, 11) is 1.75. The number of nitrogens with zero attached hydrogens (tertiary/aromatic N) is 4. The van der Waals surface area contributed by atoms with Crippen molar-refractivity contribution in [3.63, 3.8) is 0 Å². The van der Waals surface area contributed by atoms with Crippen molar-refractivity contribution in [1.82, 2.24) is 15.0 Å². The number of rotatable bonds is 4. The van der Waals surface area contributed by atoms with Gasteiger partial charge in [0.25, 0.3) is 0 Å². The number of fused-ring (bicyclic) bond motifs is 3. The van der Waals surface area contributed by atoms with Gasteiger partial charge in [0, 0.05) is 43.0 Å². The number of benzene rings is 1. The lowest BCUT2D eigenvalue weighted by Gasteiger charge is -2.34. The van der Waals surface area contributed by atoms with Crippen molar-refractivity contribution in [2.45, 2.75) is 32.0 Å². The Kier molecular flexibility index (Phi) is 5.13. The molecule has 2 aromatic heterocycles. The second kappa shape index (κ2) is 7.98. The summed E-state index contributed by atoms with van der Waals surface area (Å²) in [6.45, 7) is 2.54. The van der Waals surface area contributed by atoms with E-state index in [0.29, 0.717) is 53.5 Å². The van der Waals surface area contributed by atoms with Crippen LogP contribution in [-0.2, 0) is 6.42 Å². The second-order valence-corrected chi connectivity index (χ2v) is 8.21. The molecule has 5 rings (SSSR count). The van der Waals surface area contributed by atoms with Gasteiger partial charge in [-0.1, -0.05) is 0 Å². The van der Waals surface area contributed by atoms with Crippen molar-refractivity contribution in [2.75, 3.05) is 30.4 Å². The number of pyridine rings is 1. The Bertz CT molecular complexity index is 1170. The smallest absolute Gasteiger partial charge is 0.324 e. The maximum atomic E-state index is 14.5. The van der Waals surface area contributed by atoms with E-state index in [-0.39, 0.29) is 18.4 Å². The summed E-state index contributed by atoms with van der Waals surface area (Å²) in [6.07, 6.45) is 1.41. The lowest BCUT2D eigenvalue weighted by atomic mass is 10.0. The third-order valence-corrected chi connectivity index (χ3v) is 6.03. The molecule has 0 saturated carbocycles. The molecule has 9 heteroatoms. The highest BCUT2D eigenvalue weighted by atomic mass is 19.1. The number of ether oxygens (including phenoxy) is 1. The van der Waals surface area contributed by atoms with Gasteiger partial charge in [0.05, 0.1) is 18.4 Å². The molecule has 3 heterocycles. The van der Waals surface area contributed by atoms with E-state index in [1.807, 2.05) is 17.9 Å². The zero-order chi connectivity index (χ0) is 22.4. The molecule has 2 atom stereocenters. The monoisotopic (exact) mass is 438 g/mol. The van der Waals surface area contributed by atoms with Crippen molar-refractivity contribution in [1.29, 1.82) is 0 Å². The number of aromatic nitrogens is 3. The van der Waals surface area contributed by atoms with Gasteiger partial charge in [-0.15, -0.1) is 0 Å². The van der Waals surface area contributed by atoms with E-state index in [0.717, 1.165) is 11.3 Å². The molecule has 1 fully saturated rings. The van der Waals surface area contributed by atoms with Crippen LogP contribution in [0.4, 0.5) is 20.3 Å². The van der Waals surface area contributed by atoms with Crippen LogP contribution >= 0.6 is 0 Å². The highest BCUT2D eigenvalue weighted by Crippen LogP contribution is 2.45. The fourth-order valence-corrected chi connectivity index (χ4v) is 4.33. The topological polar surface area (TPSA) is 89.2 Å². The predicted molar refractivity (Wildman–Crippen MR) is 119 cm³/mol. The highest BCUT2D eigenvalue weighted by molar-refractivity contribution is 5.88. The van der Waals surface area contributed by atoms with Crippen molar-refractivity contribution in [3.05, 3.63) is 53.2 Å². The first kappa shape index (κ1) is 20.6. The quantitative estimate of drug-likeness (QED) is 0.503. The minimum absolute atomic E-state index is 0.111. The van der Waals surface area contributed by atoms with Gasteiger partial charge in [0.15, 0.2) is 0 Å². The largest absolute Gasteiger partial charge is 0.423 e. The molecule has 1 saturated heterocycles. The van der Waals surface area contributed by atoms with Crippen molar-refractivity contribution in [3.8, 4) is 22.9 Å². The minimum atomic E-state index is -1.18.